The molecular weight excluding hydrogens is 574 g/mol. The third-order valence-electron chi connectivity index (χ3n) is 5.23. The molecular formula is C23H29Br2N3O4S. The van der Waals surface area contributed by atoms with Gasteiger partial charge in [0, 0.05) is 21.5 Å². The summed E-state index contributed by atoms with van der Waals surface area (Å²) < 4.78 is 27.8. The van der Waals surface area contributed by atoms with Crippen molar-refractivity contribution in [1.29, 1.82) is 0 Å². The highest BCUT2D eigenvalue weighted by molar-refractivity contribution is 9.10. The zero-order valence-corrected chi connectivity index (χ0v) is 23.1. The van der Waals surface area contributed by atoms with Gasteiger partial charge < -0.3 is 10.2 Å². The molecule has 0 fully saturated rings. The lowest BCUT2D eigenvalue weighted by atomic mass is 10.1. The fourth-order valence-corrected chi connectivity index (χ4v) is 4.43. The molecule has 180 valence electrons. The molecule has 10 heteroatoms. The summed E-state index contributed by atoms with van der Waals surface area (Å²) in [5, 5.41) is 2.90. The van der Waals surface area contributed by atoms with Crippen molar-refractivity contribution in [3.8, 4) is 0 Å². The van der Waals surface area contributed by atoms with E-state index in [0.29, 0.717) is 5.69 Å². The molecule has 0 aliphatic rings. The molecule has 0 unspecified atom stereocenters. The van der Waals surface area contributed by atoms with Crippen molar-refractivity contribution in [2.75, 3.05) is 17.1 Å². The Hall–Kier alpha value is -1.91. The molecule has 33 heavy (non-hydrogen) atoms. The van der Waals surface area contributed by atoms with Crippen LogP contribution < -0.4 is 9.62 Å². The minimum absolute atomic E-state index is 0.0418. The van der Waals surface area contributed by atoms with Gasteiger partial charge in [-0.25, -0.2) is 8.42 Å². The lowest BCUT2D eigenvalue weighted by Crippen LogP contribution is -2.52. The number of nitrogens with zero attached hydrogens (tertiary/aromatic N) is 2. The maximum Gasteiger partial charge on any atom is 0.244 e. The predicted molar refractivity (Wildman–Crippen MR) is 138 cm³/mol. The zero-order valence-electron chi connectivity index (χ0n) is 19.1. The van der Waals surface area contributed by atoms with Gasteiger partial charge in [0.2, 0.25) is 21.8 Å². The minimum atomic E-state index is -3.74. The first-order valence-corrected chi connectivity index (χ1v) is 13.9. The summed E-state index contributed by atoms with van der Waals surface area (Å²) in [6, 6.07) is 13.2. The van der Waals surface area contributed by atoms with E-state index in [1.165, 1.54) is 4.90 Å². The maximum absolute atomic E-state index is 13.4. The van der Waals surface area contributed by atoms with E-state index >= 15 is 0 Å². The van der Waals surface area contributed by atoms with Gasteiger partial charge in [-0.05, 0) is 62.2 Å². The molecule has 0 aromatic heterocycles. The fourth-order valence-electron chi connectivity index (χ4n) is 3.06. The van der Waals surface area contributed by atoms with Crippen LogP contribution in [0.2, 0.25) is 0 Å². The molecule has 2 aromatic rings. The number of amides is 2. The third-order valence-corrected chi connectivity index (χ3v) is 7.43. The third kappa shape index (κ3) is 8.12. The van der Waals surface area contributed by atoms with Crippen molar-refractivity contribution < 1.29 is 18.0 Å². The number of halogens is 2. The Morgan fingerprint density at radius 2 is 1.48 bits per heavy atom. The van der Waals surface area contributed by atoms with Crippen LogP contribution in [0.1, 0.15) is 32.8 Å². The Morgan fingerprint density at radius 3 is 1.97 bits per heavy atom. The maximum atomic E-state index is 13.4. The summed E-state index contributed by atoms with van der Waals surface area (Å²) >= 11 is 6.72. The van der Waals surface area contributed by atoms with Crippen LogP contribution in [0, 0.1) is 0 Å². The first-order chi connectivity index (χ1) is 15.4. The largest absolute Gasteiger partial charge is 0.352 e. The average molecular weight is 603 g/mol. The number of nitrogens with one attached hydrogen (secondary N) is 1. The molecule has 0 spiro atoms. The van der Waals surface area contributed by atoms with Crippen LogP contribution in [-0.2, 0) is 26.2 Å². The molecule has 0 aliphatic carbocycles. The highest BCUT2D eigenvalue weighted by atomic mass is 79.9. The standard InChI is InChI=1S/C23H29Br2N3O4S/c1-5-16(2)26-23(30)17(3)27(14-18-6-8-19(24)9-7-18)22(29)15-28(33(4,31)32)21-12-10-20(25)11-13-21/h6-13,16-17H,5,14-15H2,1-4H3,(H,26,30)/t16-,17-/m1/s1. The number of anilines is 1. The van der Waals surface area contributed by atoms with E-state index in [-0.39, 0.29) is 18.5 Å². The Labute approximate surface area is 212 Å². The van der Waals surface area contributed by atoms with Crippen molar-refractivity contribution in [2.24, 2.45) is 0 Å². The van der Waals surface area contributed by atoms with Gasteiger partial charge >= 0.3 is 0 Å². The van der Waals surface area contributed by atoms with E-state index in [2.05, 4.69) is 37.2 Å². The quantitative estimate of drug-likeness (QED) is 0.439. The van der Waals surface area contributed by atoms with Gasteiger partial charge in [0.15, 0.2) is 0 Å². The van der Waals surface area contributed by atoms with E-state index in [9.17, 15) is 18.0 Å². The number of hydrogen-bond acceptors (Lipinski definition) is 4. The van der Waals surface area contributed by atoms with Crippen LogP contribution in [0.4, 0.5) is 5.69 Å². The van der Waals surface area contributed by atoms with E-state index < -0.39 is 28.5 Å². The molecule has 7 nitrogen and oxygen atoms in total. The van der Waals surface area contributed by atoms with Crippen molar-refractivity contribution in [2.45, 2.75) is 45.8 Å². The predicted octanol–water partition coefficient (Wildman–Crippen LogP) is 4.31. The second-order valence-corrected chi connectivity index (χ2v) is 11.6. The minimum Gasteiger partial charge on any atom is -0.352 e. The zero-order chi connectivity index (χ0) is 24.8. The molecule has 2 amide bonds. The van der Waals surface area contributed by atoms with Gasteiger partial charge in [-0.3, -0.25) is 13.9 Å². The van der Waals surface area contributed by atoms with Crippen molar-refractivity contribution in [1.82, 2.24) is 10.2 Å². The van der Waals surface area contributed by atoms with E-state index in [1.54, 1.807) is 31.2 Å². The van der Waals surface area contributed by atoms with Crippen molar-refractivity contribution in [3.63, 3.8) is 0 Å². The number of sulfonamides is 1. The molecule has 0 heterocycles. The summed E-state index contributed by atoms with van der Waals surface area (Å²) in [6.07, 6.45) is 1.81. The van der Waals surface area contributed by atoms with Gasteiger partial charge in [0.1, 0.15) is 12.6 Å². The van der Waals surface area contributed by atoms with Gasteiger partial charge in [0.25, 0.3) is 0 Å². The molecule has 0 aliphatic heterocycles. The SMILES string of the molecule is CC[C@@H](C)NC(=O)[C@@H](C)N(Cc1ccc(Br)cc1)C(=O)CN(c1ccc(Br)cc1)S(C)(=O)=O. The van der Waals surface area contributed by atoms with Gasteiger partial charge in [-0.15, -0.1) is 0 Å². The Morgan fingerprint density at radius 1 is 0.970 bits per heavy atom. The average Bonchev–Trinajstić information content (AvgIpc) is 2.76. The molecule has 0 saturated heterocycles. The first kappa shape index (κ1) is 27.3. The number of hydrogen-bond donors (Lipinski definition) is 1. The number of carbonyl (C=O) groups is 2. The normalized spacial score (nSPS) is 13.2. The number of carbonyl (C=O) groups excluding carboxylic acids is 2. The molecule has 0 bridgehead atoms. The van der Waals surface area contributed by atoms with Gasteiger partial charge in [-0.2, -0.15) is 0 Å². The Kier molecular flexibility index (Phi) is 9.93. The lowest BCUT2D eigenvalue weighted by molar-refractivity contribution is -0.139. The van der Waals surface area contributed by atoms with Crippen molar-refractivity contribution >= 4 is 59.4 Å². The summed E-state index contributed by atoms with van der Waals surface area (Å²) in [4.78, 5) is 27.7. The van der Waals surface area contributed by atoms with Crippen LogP contribution in [0.15, 0.2) is 57.5 Å². The van der Waals surface area contributed by atoms with Crippen LogP contribution >= 0.6 is 31.9 Å². The van der Waals surface area contributed by atoms with E-state index in [0.717, 1.165) is 31.5 Å². The Bertz CT molecular complexity index is 1060. The molecule has 2 aromatic carbocycles. The molecule has 2 atom stereocenters. The van der Waals surface area contributed by atoms with Gasteiger partial charge in [0.05, 0.1) is 11.9 Å². The monoisotopic (exact) mass is 601 g/mol. The number of rotatable bonds is 10. The van der Waals surface area contributed by atoms with E-state index in [4.69, 9.17) is 0 Å². The first-order valence-electron chi connectivity index (χ1n) is 10.5. The summed E-state index contributed by atoms with van der Waals surface area (Å²) in [6.45, 7) is 5.25. The topological polar surface area (TPSA) is 86.8 Å². The second-order valence-electron chi connectivity index (χ2n) is 7.89. The highest BCUT2D eigenvalue weighted by Crippen LogP contribution is 2.22. The molecule has 2 rings (SSSR count). The highest BCUT2D eigenvalue weighted by Gasteiger charge is 2.30. The fraction of sp³-hybridized carbons (Fsp3) is 0.391. The van der Waals surface area contributed by atoms with Crippen LogP contribution in [0.3, 0.4) is 0 Å². The molecule has 0 saturated carbocycles. The smallest absolute Gasteiger partial charge is 0.244 e. The summed E-state index contributed by atoms with van der Waals surface area (Å²) in [5.74, 6) is -0.762. The lowest BCUT2D eigenvalue weighted by Gasteiger charge is -2.32. The van der Waals surface area contributed by atoms with Crippen molar-refractivity contribution in [3.05, 3.63) is 63.0 Å². The van der Waals surface area contributed by atoms with Crippen LogP contribution in [0.25, 0.3) is 0 Å². The van der Waals surface area contributed by atoms with Gasteiger partial charge in [-0.1, -0.05) is 50.9 Å². The molecule has 1 N–H and O–H groups in total. The summed E-state index contributed by atoms with van der Waals surface area (Å²) in [7, 11) is -3.74. The van der Waals surface area contributed by atoms with Crippen LogP contribution in [-0.4, -0.2) is 50.0 Å². The Balaban J connectivity index is 2.36. The van der Waals surface area contributed by atoms with Crippen LogP contribution in [0.5, 0.6) is 0 Å². The number of benzene rings is 2. The summed E-state index contributed by atoms with van der Waals surface area (Å²) in [5.41, 5.74) is 1.19. The van der Waals surface area contributed by atoms with E-state index in [1.807, 2.05) is 38.1 Å². The second kappa shape index (κ2) is 12.0. The molecule has 0 radical (unpaired) electrons.